The van der Waals surface area contributed by atoms with Crippen LogP contribution in [0.15, 0.2) is 77.9 Å². The van der Waals surface area contributed by atoms with Crippen molar-refractivity contribution in [2.45, 2.75) is 25.7 Å². The fourth-order valence-electron chi connectivity index (χ4n) is 6.02. The number of amides is 1. The molecule has 2 aromatic heterocycles. The van der Waals surface area contributed by atoms with Gasteiger partial charge in [0.1, 0.15) is 17.1 Å². The minimum Gasteiger partial charge on any atom is -0.493 e. The fraction of sp³-hybridized carbons (Fsp3) is 0.250. The fourth-order valence-corrected chi connectivity index (χ4v) is 6.02. The molecule has 1 fully saturated rings. The number of anilines is 1. The SMILES string of the molecule is COc1cc2nccc(Oc3ccc(NC(=O)c4c(C)c(C5CCN(C)CC5)cn(-c5ccc(F)cc5)c4=O)cc3F)c2cc1OC. The Balaban J connectivity index is 1.31. The molecule has 0 unspecified atom stereocenters. The van der Waals surface area contributed by atoms with Crippen molar-refractivity contribution in [2.75, 3.05) is 39.7 Å². The van der Waals surface area contributed by atoms with Gasteiger partial charge in [0.15, 0.2) is 23.1 Å². The minimum absolute atomic E-state index is 0.0564. The molecule has 3 heterocycles. The molecule has 1 amide bonds. The molecule has 242 valence electrons. The second-order valence-corrected chi connectivity index (χ2v) is 11.5. The number of fused-ring (bicyclic) bond motifs is 1. The van der Waals surface area contributed by atoms with Crippen molar-refractivity contribution in [1.82, 2.24) is 14.5 Å². The highest BCUT2D eigenvalue weighted by Gasteiger charge is 2.26. The number of methoxy groups -OCH3 is 2. The van der Waals surface area contributed by atoms with Gasteiger partial charge >= 0.3 is 0 Å². The van der Waals surface area contributed by atoms with Gasteiger partial charge in [0.2, 0.25) is 0 Å². The number of carbonyl (C=O) groups excluding carboxylic acids is 1. The van der Waals surface area contributed by atoms with E-state index in [9.17, 15) is 14.0 Å². The number of halogens is 2. The number of benzene rings is 3. The summed E-state index contributed by atoms with van der Waals surface area (Å²) in [5.41, 5.74) is 1.97. The van der Waals surface area contributed by atoms with Gasteiger partial charge in [-0.15, -0.1) is 0 Å². The van der Waals surface area contributed by atoms with Crippen LogP contribution < -0.4 is 25.1 Å². The summed E-state index contributed by atoms with van der Waals surface area (Å²) < 4.78 is 47.2. The molecule has 0 spiro atoms. The summed E-state index contributed by atoms with van der Waals surface area (Å²) in [6.07, 6.45) is 5.02. The zero-order chi connectivity index (χ0) is 33.2. The Hall–Kier alpha value is -5.29. The maximum Gasteiger partial charge on any atom is 0.268 e. The van der Waals surface area contributed by atoms with E-state index in [-0.39, 0.29) is 22.9 Å². The maximum absolute atomic E-state index is 15.4. The first-order chi connectivity index (χ1) is 22.7. The van der Waals surface area contributed by atoms with Gasteiger partial charge in [-0.1, -0.05) is 0 Å². The Labute approximate surface area is 270 Å². The third kappa shape index (κ3) is 6.39. The number of hydrogen-bond donors (Lipinski definition) is 1. The van der Waals surface area contributed by atoms with E-state index in [4.69, 9.17) is 14.2 Å². The van der Waals surface area contributed by atoms with Crippen LogP contribution in [0.25, 0.3) is 16.6 Å². The normalized spacial score (nSPS) is 13.8. The summed E-state index contributed by atoms with van der Waals surface area (Å²) in [6, 6.07) is 14.6. The molecule has 3 aromatic carbocycles. The molecular formula is C36H34F2N4O5. The number of piperidine rings is 1. The smallest absolute Gasteiger partial charge is 0.268 e. The molecule has 0 aliphatic carbocycles. The lowest BCUT2D eigenvalue weighted by atomic mass is 9.86. The van der Waals surface area contributed by atoms with Crippen LogP contribution in [-0.2, 0) is 0 Å². The number of likely N-dealkylation sites (tertiary alicyclic amines) is 1. The molecule has 0 saturated carbocycles. The van der Waals surface area contributed by atoms with E-state index >= 15 is 4.39 Å². The molecule has 11 heteroatoms. The summed E-state index contributed by atoms with van der Waals surface area (Å²) in [6.45, 7) is 3.53. The number of nitrogens with one attached hydrogen (secondary N) is 1. The van der Waals surface area contributed by atoms with E-state index in [1.54, 1.807) is 31.3 Å². The third-order valence-corrected chi connectivity index (χ3v) is 8.62. The highest BCUT2D eigenvalue weighted by atomic mass is 19.1. The average molecular weight is 641 g/mol. The summed E-state index contributed by atoms with van der Waals surface area (Å²) in [4.78, 5) is 34.1. The van der Waals surface area contributed by atoms with Crippen molar-refractivity contribution in [3.05, 3.63) is 112 Å². The van der Waals surface area contributed by atoms with Crippen LogP contribution in [0.2, 0.25) is 0 Å². The Morgan fingerprint density at radius 2 is 1.62 bits per heavy atom. The van der Waals surface area contributed by atoms with Gasteiger partial charge in [0.05, 0.1) is 19.7 Å². The van der Waals surface area contributed by atoms with Gasteiger partial charge in [0.25, 0.3) is 11.5 Å². The van der Waals surface area contributed by atoms with Gasteiger partial charge in [-0.3, -0.25) is 19.1 Å². The van der Waals surface area contributed by atoms with Crippen molar-refractivity contribution < 1.29 is 27.8 Å². The lowest BCUT2D eigenvalue weighted by molar-refractivity contribution is 0.102. The number of ether oxygens (including phenoxy) is 3. The molecule has 5 aromatic rings. The summed E-state index contributed by atoms with van der Waals surface area (Å²) in [5, 5.41) is 3.28. The first-order valence-corrected chi connectivity index (χ1v) is 15.2. The standard InChI is InChI=1S/C36H34F2N4O5/c1-21-27(22-12-15-41(2)16-13-22)20-42(25-8-5-23(37)6-9-25)36(44)34(21)35(43)40-24-7-10-31(28(38)17-24)47-30-11-14-39-29-19-33(46-4)32(45-3)18-26(29)30/h5-11,14,17-20,22H,12-13,15-16H2,1-4H3,(H,40,43). The Kier molecular flexibility index (Phi) is 8.91. The third-order valence-electron chi connectivity index (χ3n) is 8.62. The van der Waals surface area contributed by atoms with Crippen molar-refractivity contribution in [3.8, 4) is 28.7 Å². The molecular weight excluding hydrogens is 606 g/mol. The highest BCUT2D eigenvalue weighted by molar-refractivity contribution is 6.05. The van der Waals surface area contributed by atoms with E-state index in [1.807, 2.05) is 0 Å². The Morgan fingerprint density at radius 3 is 2.30 bits per heavy atom. The average Bonchev–Trinajstić information content (AvgIpc) is 3.06. The van der Waals surface area contributed by atoms with Crippen molar-refractivity contribution in [3.63, 3.8) is 0 Å². The zero-order valence-electron chi connectivity index (χ0n) is 26.5. The maximum atomic E-state index is 15.4. The second kappa shape index (κ2) is 13.2. The van der Waals surface area contributed by atoms with E-state index in [0.717, 1.165) is 37.6 Å². The summed E-state index contributed by atoms with van der Waals surface area (Å²) >= 11 is 0. The Morgan fingerprint density at radius 1 is 0.915 bits per heavy atom. The molecule has 9 nitrogen and oxygen atoms in total. The lowest BCUT2D eigenvalue weighted by Crippen LogP contribution is -2.33. The lowest BCUT2D eigenvalue weighted by Gasteiger charge is -2.30. The van der Waals surface area contributed by atoms with Crippen LogP contribution in [0.5, 0.6) is 23.0 Å². The number of nitrogens with zero attached hydrogens (tertiary/aromatic N) is 3. The predicted octanol–water partition coefficient (Wildman–Crippen LogP) is 6.84. The molecule has 1 aliphatic heterocycles. The van der Waals surface area contributed by atoms with Gasteiger partial charge in [-0.2, -0.15) is 0 Å². The van der Waals surface area contributed by atoms with Crippen LogP contribution in [0.4, 0.5) is 14.5 Å². The van der Waals surface area contributed by atoms with Crippen LogP contribution in [-0.4, -0.2) is 54.7 Å². The highest BCUT2D eigenvalue weighted by Crippen LogP contribution is 2.38. The quantitative estimate of drug-likeness (QED) is 0.198. The summed E-state index contributed by atoms with van der Waals surface area (Å²) in [7, 11) is 5.09. The van der Waals surface area contributed by atoms with E-state index in [1.165, 1.54) is 61.4 Å². The molecule has 47 heavy (non-hydrogen) atoms. The van der Waals surface area contributed by atoms with Gasteiger partial charge in [0, 0.05) is 41.3 Å². The number of hydrogen-bond acceptors (Lipinski definition) is 7. The Bertz CT molecular complexity index is 2020. The van der Waals surface area contributed by atoms with E-state index in [2.05, 4.69) is 22.2 Å². The van der Waals surface area contributed by atoms with Gasteiger partial charge < -0.3 is 24.4 Å². The molecule has 1 N–H and O–H groups in total. The molecule has 6 rings (SSSR count). The first kappa shape index (κ1) is 31.7. The number of aromatic nitrogens is 2. The molecule has 0 bridgehead atoms. The van der Waals surface area contributed by atoms with Crippen LogP contribution in [0.1, 0.15) is 40.2 Å². The van der Waals surface area contributed by atoms with Crippen LogP contribution >= 0.6 is 0 Å². The van der Waals surface area contributed by atoms with Crippen LogP contribution in [0.3, 0.4) is 0 Å². The van der Waals surface area contributed by atoms with Crippen molar-refractivity contribution in [2.24, 2.45) is 0 Å². The molecule has 0 radical (unpaired) electrons. The number of carbonyl (C=O) groups is 1. The van der Waals surface area contributed by atoms with E-state index < -0.39 is 23.1 Å². The largest absolute Gasteiger partial charge is 0.493 e. The predicted molar refractivity (Wildman–Crippen MR) is 175 cm³/mol. The zero-order valence-corrected chi connectivity index (χ0v) is 26.5. The van der Waals surface area contributed by atoms with Crippen molar-refractivity contribution in [1.29, 1.82) is 0 Å². The minimum atomic E-state index is -0.728. The molecule has 1 aliphatic rings. The van der Waals surface area contributed by atoms with E-state index in [0.29, 0.717) is 39.4 Å². The monoisotopic (exact) mass is 640 g/mol. The van der Waals surface area contributed by atoms with Crippen LogP contribution in [0, 0.1) is 18.6 Å². The number of rotatable bonds is 8. The van der Waals surface area contributed by atoms with Gasteiger partial charge in [-0.05, 0) is 105 Å². The topological polar surface area (TPSA) is 94.9 Å². The first-order valence-electron chi connectivity index (χ1n) is 15.2. The molecule has 0 atom stereocenters. The summed E-state index contributed by atoms with van der Waals surface area (Å²) in [5.74, 6) is -0.490. The van der Waals surface area contributed by atoms with Crippen molar-refractivity contribution >= 4 is 22.5 Å². The number of pyridine rings is 2. The molecule has 1 saturated heterocycles. The van der Waals surface area contributed by atoms with Gasteiger partial charge in [-0.25, -0.2) is 8.78 Å². The second-order valence-electron chi connectivity index (χ2n) is 11.5.